The summed E-state index contributed by atoms with van der Waals surface area (Å²) in [6.45, 7) is 3.70. The third kappa shape index (κ3) is 2.88. The minimum atomic E-state index is 0.180. The van der Waals surface area contributed by atoms with E-state index in [9.17, 15) is 4.79 Å². The molecule has 0 aromatic heterocycles. The zero-order valence-electron chi connectivity index (χ0n) is 8.00. The average molecular weight is 194 g/mol. The molecule has 2 heteroatoms. The maximum absolute atomic E-state index is 10.9. The van der Waals surface area contributed by atoms with Crippen LogP contribution in [0.1, 0.15) is 25.0 Å². The lowest BCUT2D eigenvalue weighted by Gasteiger charge is -2.04. The van der Waals surface area contributed by atoms with E-state index >= 15 is 0 Å². The lowest BCUT2D eigenvalue weighted by molar-refractivity contribution is -0.116. The predicted octanol–water partition coefficient (Wildman–Crippen LogP) is 2.67. The Bertz CT molecular complexity index is 318. The van der Waals surface area contributed by atoms with Crippen molar-refractivity contribution in [2.75, 3.05) is 0 Å². The first-order chi connectivity index (χ1) is 6.13. The van der Waals surface area contributed by atoms with Gasteiger partial charge in [0.2, 0.25) is 0 Å². The fourth-order valence-corrected chi connectivity index (χ4v) is 1.57. The van der Waals surface area contributed by atoms with Crippen LogP contribution in [-0.2, 0) is 17.6 Å². The van der Waals surface area contributed by atoms with Crippen LogP contribution in [0.25, 0.3) is 0 Å². The van der Waals surface area contributed by atoms with Crippen molar-refractivity contribution in [3.63, 3.8) is 0 Å². The van der Waals surface area contributed by atoms with Gasteiger partial charge in [0.15, 0.2) is 0 Å². The minimum absolute atomic E-state index is 0.180. The van der Waals surface area contributed by atoms with Gasteiger partial charge in [-0.1, -0.05) is 19.1 Å². The predicted molar refractivity (Wildman–Crippen MR) is 57.5 cm³/mol. The molecular weight excluding hydrogens is 180 g/mol. The number of hydrogen-bond acceptors (Lipinski definition) is 2. The van der Waals surface area contributed by atoms with Crippen molar-refractivity contribution in [2.45, 2.75) is 31.6 Å². The number of carbonyl (C=O) groups is 1. The van der Waals surface area contributed by atoms with Crippen LogP contribution in [0.4, 0.5) is 0 Å². The van der Waals surface area contributed by atoms with E-state index in [1.807, 2.05) is 12.1 Å². The van der Waals surface area contributed by atoms with E-state index in [0.29, 0.717) is 6.42 Å². The smallest absolute Gasteiger partial charge is 0.134 e. The van der Waals surface area contributed by atoms with Crippen LogP contribution in [0.3, 0.4) is 0 Å². The number of Topliss-reactive ketones (excluding diaryl/α,β-unsaturated/α-hetero) is 1. The SMILES string of the molecule is CCc1ccc(CC(C)=O)c(S)c1. The van der Waals surface area contributed by atoms with Crippen molar-refractivity contribution in [3.05, 3.63) is 29.3 Å². The van der Waals surface area contributed by atoms with Gasteiger partial charge in [0.05, 0.1) is 0 Å². The number of hydrogen-bond donors (Lipinski definition) is 1. The molecule has 0 bridgehead atoms. The highest BCUT2D eigenvalue weighted by Gasteiger charge is 2.02. The molecule has 13 heavy (non-hydrogen) atoms. The van der Waals surface area contributed by atoms with Crippen LogP contribution in [0.2, 0.25) is 0 Å². The second kappa shape index (κ2) is 4.47. The van der Waals surface area contributed by atoms with Gasteiger partial charge in [-0.2, -0.15) is 0 Å². The van der Waals surface area contributed by atoms with Gasteiger partial charge in [0, 0.05) is 11.3 Å². The summed E-state index contributed by atoms with van der Waals surface area (Å²) in [5.74, 6) is 0.180. The third-order valence-corrected chi connectivity index (χ3v) is 2.41. The van der Waals surface area contributed by atoms with E-state index in [1.165, 1.54) is 5.56 Å². The zero-order valence-corrected chi connectivity index (χ0v) is 8.90. The summed E-state index contributed by atoms with van der Waals surface area (Å²) in [7, 11) is 0. The molecule has 0 N–H and O–H groups in total. The summed E-state index contributed by atoms with van der Waals surface area (Å²) in [4.78, 5) is 11.8. The van der Waals surface area contributed by atoms with E-state index < -0.39 is 0 Å². The second-order valence-corrected chi connectivity index (χ2v) is 3.68. The Morgan fingerprint density at radius 3 is 2.62 bits per heavy atom. The highest BCUT2D eigenvalue weighted by Crippen LogP contribution is 2.17. The molecule has 0 fully saturated rings. The molecule has 1 aromatic carbocycles. The lowest BCUT2D eigenvalue weighted by atomic mass is 10.1. The molecule has 1 rings (SSSR count). The molecule has 1 nitrogen and oxygen atoms in total. The molecule has 0 amide bonds. The number of rotatable bonds is 3. The number of aryl methyl sites for hydroxylation is 1. The lowest BCUT2D eigenvalue weighted by Crippen LogP contribution is -1.97. The summed E-state index contributed by atoms with van der Waals surface area (Å²) in [6.07, 6.45) is 1.50. The first-order valence-corrected chi connectivity index (χ1v) is 4.88. The summed E-state index contributed by atoms with van der Waals surface area (Å²) >= 11 is 4.34. The van der Waals surface area contributed by atoms with E-state index in [0.717, 1.165) is 16.9 Å². The topological polar surface area (TPSA) is 17.1 Å². The summed E-state index contributed by atoms with van der Waals surface area (Å²) in [5, 5.41) is 0. The van der Waals surface area contributed by atoms with Gasteiger partial charge in [-0.3, -0.25) is 4.79 Å². The van der Waals surface area contributed by atoms with Gasteiger partial charge in [-0.25, -0.2) is 0 Å². The monoisotopic (exact) mass is 194 g/mol. The number of carbonyl (C=O) groups excluding carboxylic acids is 1. The molecule has 0 heterocycles. The first kappa shape index (κ1) is 10.3. The molecule has 0 atom stereocenters. The molecule has 1 aromatic rings. The van der Waals surface area contributed by atoms with Crippen molar-refractivity contribution >= 4 is 18.4 Å². The van der Waals surface area contributed by atoms with E-state index in [-0.39, 0.29) is 5.78 Å². The minimum Gasteiger partial charge on any atom is -0.300 e. The van der Waals surface area contributed by atoms with Crippen molar-refractivity contribution in [3.8, 4) is 0 Å². The van der Waals surface area contributed by atoms with Crippen LogP contribution in [0.5, 0.6) is 0 Å². The van der Waals surface area contributed by atoms with Gasteiger partial charge >= 0.3 is 0 Å². The normalized spacial score (nSPS) is 10.1. The average Bonchev–Trinajstić information content (AvgIpc) is 2.08. The Kier molecular flexibility index (Phi) is 3.55. The van der Waals surface area contributed by atoms with Crippen LogP contribution >= 0.6 is 12.6 Å². The number of benzene rings is 1. The van der Waals surface area contributed by atoms with Crippen molar-refractivity contribution in [1.29, 1.82) is 0 Å². The molecule has 70 valence electrons. The molecule has 0 aliphatic rings. The fraction of sp³-hybridized carbons (Fsp3) is 0.364. The Hall–Kier alpha value is -0.760. The first-order valence-electron chi connectivity index (χ1n) is 4.43. The number of thiol groups is 1. The van der Waals surface area contributed by atoms with Crippen LogP contribution < -0.4 is 0 Å². The molecule has 0 saturated heterocycles. The van der Waals surface area contributed by atoms with E-state index in [1.54, 1.807) is 6.92 Å². The van der Waals surface area contributed by atoms with Gasteiger partial charge in [0.25, 0.3) is 0 Å². The summed E-state index contributed by atoms with van der Waals surface area (Å²) in [6, 6.07) is 6.07. The van der Waals surface area contributed by atoms with Crippen molar-refractivity contribution in [2.24, 2.45) is 0 Å². The Labute approximate surface area is 84.6 Å². The maximum Gasteiger partial charge on any atom is 0.134 e. The van der Waals surface area contributed by atoms with Crippen LogP contribution in [-0.4, -0.2) is 5.78 Å². The largest absolute Gasteiger partial charge is 0.300 e. The van der Waals surface area contributed by atoms with Crippen molar-refractivity contribution in [1.82, 2.24) is 0 Å². The highest BCUT2D eigenvalue weighted by molar-refractivity contribution is 7.80. The molecule has 0 spiro atoms. The van der Waals surface area contributed by atoms with Crippen LogP contribution in [0.15, 0.2) is 23.1 Å². The molecule has 0 aliphatic carbocycles. The maximum atomic E-state index is 10.9. The van der Waals surface area contributed by atoms with Gasteiger partial charge < -0.3 is 0 Å². The third-order valence-electron chi connectivity index (χ3n) is 2.00. The van der Waals surface area contributed by atoms with E-state index in [4.69, 9.17) is 0 Å². The quantitative estimate of drug-likeness (QED) is 0.732. The van der Waals surface area contributed by atoms with Crippen molar-refractivity contribution < 1.29 is 4.79 Å². The molecule has 0 radical (unpaired) electrons. The Balaban J connectivity index is 2.91. The fourth-order valence-electron chi connectivity index (χ4n) is 1.25. The molecule has 0 aliphatic heterocycles. The zero-order chi connectivity index (χ0) is 9.84. The van der Waals surface area contributed by atoms with Gasteiger partial charge in [-0.05, 0) is 30.5 Å². The molecule has 0 unspecified atom stereocenters. The van der Waals surface area contributed by atoms with E-state index in [2.05, 4.69) is 25.6 Å². The Morgan fingerprint density at radius 2 is 2.15 bits per heavy atom. The molecular formula is C11H14OS. The summed E-state index contributed by atoms with van der Waals surface area (Å²) < 4.78 is 0. The standard InChI is InChI=1S/C11H14OS/c1-3-9-4-5-10(6-8(2)12)11(13)7-9/h4-5,7,13H,3,6H2,1-2H3. The van der Waals surface area contributed by atoms with Gasteiger partial charge in [0.1, 0.15) is 5.78 Å². The van der Waals surface area contributed by atoms with Crippen LogP contribution in [0, 0.1) is 0 Å². The number of ketones is 1. The summed E-state index contributed by atoms with van der Waals surface area (Å²) in [5.41, 5.74) is 2.28. The molecule has 0 saturated carbocycles. The Morgan fingerprint density at radius 1 is 1.46 bits per heavy atom. The van der Waals surface area contributed by atoms with Gasteiger partial charge in [-0.15, -0.1) is 12.6 Å². The highest BCUT2D eigenvalue weighted by atomic mass is 32.1. The second-order valence-electron chi connectivity index (χ2n) is 3.20.